The van der Waals surface area contributed by atoms with Crippen LogP contribution in [0.15, 0.2) is 48.5 Å². The first-order valence-electron chi connectivity index (χ1n) is 8.73. The molecule has 0 aromatic heterocycles. The van der Waals surface area contributed by atoms with Gasteiger partial charge in [-0.05, 0) is 50.1 Å². The average Bonchev–Trinajstić information content (AvgIpc) is 2.62. The lowest BCUT2D eigenvalue weighted by molar-refractivity contribution is -0.153. The Bertz CT molecular complexity index is 833. The minimum atomic E-state index is -1.25. The number of rotatable bonds is 4. The summed E-state index contributed by atoms with van der Waals surface area (Å²) in [5.74, 6) is -1.05. The number of amides is 1. The SMILES string of the molecule is CCN(C(=O)C1(C)Cc2ccccc2C(=O)O1)C(C)c1ccc(F)cc1. The summed E-state index contributed by atoms with van der Waals surface area (Å²) in [5, 5.41) is 0. The molecule has 1 amide bonds. The Balaban J connectivity index is 1.88. The number of fused-ring (bicyclic) bond motifs is 1. The van der Waals surface area contributed by atoms with Crippen LogP contribution < -0.4 is 0 Å². The molecule has 2 aromatic carbocycles. The van der Waals surface area contributed by atoms with Crippen molar-refractivity contribution in [1.82, 2.24) is 4.90 Å². The third-order valence-corrected chi connectivity index (χ3v) is 4.96. The second kappa shape index (κ2) is 6.90. The molecule has 1 heterocycles. The van der Waals surface area contributed by atoms with E-state index in [9.17, 15) is 14.0 Å². The molecule has 0 radical (unpaired) electrons. The van der Waals surface area contributed by atoms with Crippen LogP contribution in [0.5, 0.6) is 0 Å². The zero-order valence-corrected chi connectivity index (χ0v) is 15.2. The lowest BCUT2D eigenvalue weighted by atomic mass is 9.88. The minimum absolute atomic E-state index is 0.250. The molecule has 0 bridgehead atoms. The highest BCUT2D eigenvalue weighted by Crippen LogP contribution is 2.32. The zero-order chi connectivity index (χ0) is 18.9. The molecule has 2 atom stereocenters. The number of carbonyl (C=O) groups excluding carboxylic acids is 2. The van der Waals surface area contributed by atoms with Gasteiger partial charge in [0.1, 0.15) is 5.82 Å². The average molecular weight is 355 g/mol. The molecule has 4 nitrogen and oxygen atoms in total. The fourth-order valence-corrected chi connectivity index (χ4v) is 3.47. The largest absolute Gasteiger partial charge is 0.445 e. The van der Waals surface area contributed by atoms with Gasteiger partial charge in [0, 0.05) is 13.0 Å². The number of esters is 1. The third-order valence-electron chi connectivity index (χ3n) is 4.96. The van der Waals surface area contributed by atoms with Crippen LogP contribution in [0.3, 0.4) is 0 Å². The lowest BCUT2D eigenvalue weighted by Gasteiger charge is -2.39. The van der Waals surface area contributed by atoms with Gasteiger partial charge in [-0.15, -0.1) is 0 Å². The predicted octanol–water partition coefficient (Wildman–Crippen LogP) is 3.91. The molecule has 5 heteroatoms. The van der Waals surface area contributed by atoms with Gasteiger partial charge in [0.15, 0.2) is 5.60 Å². The summed E-state index contributed by atoms with van der Waals surface area (Å²) in [6, 6.07) is 13.0. The van der Waals surface area contributed by atoms with Crippen molar-refractivity contribution in [2.24, 2.45) is 0 Å². The van der Waals surface area contributed by atoms with E-state index < -0.39 is 11.6 Å². The van der Waals surface area contributed by atoms with Gasteiger partial charge in [0.25, 0.3) is 5.91 Å². The van der Waals surface area contributed by atoms with Crippen molar-refractivity contribution in [3.63, 3.8) is 0 Å². The summed E-state index contributed by atoms with van der Waals surface area (Å²) >= 11 is 0. The van der Waals surface area contributed by atoms with Gasteiger partial charge in [-0.1, -0.05) is 30.3 Å². The first-order valence-corrected chi connectivity index (χ1v) is 8.73. The van der Waals surface area contributed by atoms with Crippen molar-refractivity contribution in [2.75, 3.05) is 6.54 Å². The lowest BCUT2D eigenvalue weighted by Crippen LogP contribution is -2.53. The summed E-state index contributed by atoms with van der Waals surface area (Å²) in [4.78, 5) is 27.3. The van der Waals surface area contributed by atoms with E-state index in [0.717, 1.165) is 11.1 Å². The molecule has 0 saturated heterocycles. The zero-order valence-electron chi connectivity index (χ0n) is 15.2. The van der Waals surface area contributed by atoms with Crippen LogP contribution in [-0.4, -0.2) is 28.9 Å². The van der Waals surface area contributed by atoms with Gasteiger partial charge in [-0.25, -0.2) is 9.18 Å². The standard InChI is InChI=1S/C21H22FNO3/c1-4-23(14(2)15-9-11-17(22)12-10-15)20(25)21(3)13-16-7-5-6-8-18(16)19(24)26-21/h5-12,14H,4,13H2,1-3H3. The summed E-state index contributed by atoms with van der Waals surface area (Å²) in [6.45, 7) is 5.87. The fourth-order valence-electron chi connectivity index (χ4n) is 3.47. The van der Waals surface area contributed by atoms with E-state index in [1.807, 2.05) is 26.0 Å². The fraction of sp³-hybridized carbons (Fsp3) is 0.333. The van der Waals surface area contributed by atoms with Gasteiger partial charge in [-0.3, -0.25) is 4.79 Å². The maximum atomic E-state index is 13.3. The maximum absolute atomic E-state index is 13.3. The number of hydrogen-bond acceptors (Lipinski definition) is 3. The third kappa shape index (κ3) is 3.21. The van der Waals surface area contributed by atoms with E-state index in [1.165, 1.54) is 12.1 Å². The topological polar surface area (TPSA) is 46.6 Å². The second-order valence-corrected chi connectivity index (χ2v) is 6.77. The molecular weight excluding hydrogens is 333 g/mol. The first kappa shape index (κ1) is 18.1. The number of benzene rings is 2. The van der Waals surface area contributed by atoms with Crippen LogP contribution in [0.2, 0.25) is 0 Å². The Morgan fingerprint density at radius 2 is 1.88 bits per heavy atom. The smallest absolute Gasteiger partial charge is 0.339 e. The molecule has 1 aliphatic heterocycles. The van der Waals surface area contributed by atoms with Crippen molar-refractivity contribution < 1.29 is 18.7 Å². The van der Waals surface area contributed by atoms with Crippen LogP contribution in [-0.2, 0) is 16.0 Å². The Morgan fingerprint density at radius 1 is 1.23 bits per heavy atom. The van der Waals surface area contributed by atoms with Crippen molar-refractivity contribution in [1.29, 1.82) is 0 Å². The summed E-state index contributed by atoms with van der Waals surface area (Å²) in [6.07, 6.45) is 0.334. The summed E-state index contributed by atoms with van der Waals surface area (Å²) in [7, 11) is 0. The Kier molecular flexibility index (Phi) is 4.81. The number of cyclic esters (lactones) is 1. The van der Waals surface area contributed by atoms with Crippen molar-refractivity contribution in [3.05, 3.63) is 71.0 Å². The quantitative estimate of drug-likeness (QED) is 0.781. The second-order valence-electron chi connectivity index (χ2n) is 6.77. The van der Waals surface area contributed by atoms with Crippen LogP contribution in [0, 0.1) is 5.82 Å². The number of likely N-dealkylation sites (N-methyl/N-ethyl adjacent to an activating group) is 1. The van der Waals surface area contributed by atoms with E-state index >= 15 is 0 Å². The van der Waals surface area contributed by atoms with Crippen LogP contribution in [0.1, 0.15) is 48.3 Å². The van der Waals surface area contributed by atoms with Crippen LogP contribution in [0.4, 0.5) is 4.39 Å². The number of nitrogens with zero attached hydrogens (tertiary/aromatic N) is 1. The van der Waals surface area contributed by atoms with Crippen LogP contribution in [0.25, 0.3) is 0 Å². The van der Waals surface area contributed by atoms with Gasteiger partial charge in [-0.2, -0.15) is 0 Å². The molecule has 0 spiro atoms. The molecule has 1 aliphatic rings. The maximum Gasteiger partial charge on any atom is 0.339 e. The van der Waals surface area contributed by atoms with Crippen molar-refractivity contribution in [3.8, 4) is 0 Å². The highest BCUT2D eigenvalue weighted by Gasteiger charge is 2.45. The molecule has 136 valence electrons. The molecule has 0 N–H and O–H groups in total. The van der Waals surface area contributed by atoms with E-state index in [4.69, 9.17) is 4.74 Å². The monoisotopic (exact) mass is 355 g/mol. The van der Waals surface area contributed by atoms with E-state index in [2.05, 4.69) is 0 Å². The first-order chi connectivity index (χ1) is 12.4. The van der Waals surface area contributed by atoms with Gasteiger partial charge >= 0.3 is 5.97 Å². The molecule has 0 aliphatic carbocycles. The van der Waals surface area contributed by atoms with Crippen molar-refractivity contribution in [2.45, 2.75) is 38.8 Å². The number of ether oxygens (including phenoxy) is 1. The number of hydrogen-bond donors (Lipinski definition) is 0. The highest BCUT2D eigenvalue weighted by atomic mass is 19.1. The van der Waals surface area contributed by atoms with Gasteiger partial charge in [0.05, 0.1) is 11.6 Å². The van der Waals surface area contributed by atoms with E-state index in [1.54, 1.807) is 36.1 Å². The van der Waals surface area contributed by atoms with Crippen molar-refractivity contribution >= 4 is 11.9 Å². The number of halogens is 1. The molecule has 3 rings (SSSR count). The summed E-state index contributed by atoms with van der Waals surface area (Å²) in [5.41, 5.74) is 0.890. The molecule has 2 unspecified atom stereocenters. The van der Waals surface area contributed by atoms with E-state index in [0.29, 0.717) is 18.5 Å². The van der Waals surface area contributed by atoms with E-state index in [-0.39, 0.29) is 17.8 Å². The van der Waals surface area contributed by atoms with Gasteiger partial charge in [0.2, 0.25) is 0 Å². The highest BCUT2D eigenvalue weighted by molar-refractivity contribution is 5.97. The normalized spacial score (nSPS) is 20.1. The Hall–Kier alpha value is -2.69. The van der Waals surface area contributed by atoms with Gasteiger partial charge < -0.3 is 9.64 Å². The molecule has 2 aromatic rings. The summed E-state index contributed by atoms with van der Waals surface area (Å²) < 4.78 is 18.7. The Morgan fingerprint density at radius 3 is 2.54 bits per heavy atom. The van der Waals surface area contributed by atoms with Crippen LogP contribution >= 0.6 is 0 Å². The molecule has 0 fully saturated rings. The predicted molar refractivity (Wildman–Crippen MR) is 96.2 cm³/mol. The molecule has 26 heavy (non-hydrogen) atoms. The minimum Gasteiger partial charge on any atom is -0.445 e. The molecular formula is C21H22FNO3. The Labute approximate surface area is 152 Å². The number of carbonyl (C=O) groups is 2. The molecule has 0 saturated carbocycles.